The van der Waals surface area contributed by atoms with Gasteiger partial charge in [0.05, 0.1) is 4.92 Å². The molecule has 22 heavy (non-hydrogen) atoms. The first-order valence-corrected chi connectivity index (χ1v) is 7.76. The number of aromatic nitrogens is 2. The zero-order valence-electron chi connectivity index (χ0n) is 12.3. The molecule has 1 heterocycles. The third-order valence-electron chi connectivity index (χ3n) is 3.32. The molecule has 0 radical (unpaired) electrons. The first-order valence-electron chi connectivity index (χ1n) is 6.94. The molecule has 0 spiro atoms. The smallest absolute Gasteiger partial charge is 0.270 e. The number of nitrogens with one attached hydrogen (secondary N) is 1. The fourth-order valence-corrected chi connectivity index (χ4v) is 2.75. The Labute approximate surface area is 131 Å². The number of hydrogen-bond acceptors (Lipinski definition) is 6. The minimum atomic E-state index is -0.458. The zero-order chi connectivity index (χ0) is 16.1. The number of hydrogen-bond donors (Lipinski definition) is 1. The molecule has 1 aromatic heterocycles. The van der Waals surface area contributed by atoms with Crippen molar-refractivity contribution in [2.45, 2.75) is 26.7 Å². The highest BCUT2D eigenvalue weighted by molar-refractivity contribution is 7.18. The van der Waals surface area contributed by atoms with Gasteiger partial charge in [-0.25, -0.2) is 0 Å². The summed E-state index contributed by atoms with van der Waals surface area (Å²) in [6.07, 6.45) is 1.53. The van der Waals surface area contributed by atoms with Crippen LogP contribution in [-0.4, -0.2) is 21.0 Å². The maximum absolute atomic E-state index is 12.0. The number of non-ortho nitro benzene ring substituents is 1. The van der Waals surface area contributed by atoms with Crippen LogP contribution in [-0.2, 0) is 4.79 Å². The number of carbonyl (C=O) groups excluding carboxylic acids is 1. The van der Waals surface area contributed by atoms with Crippen LogP contribution in [0.15, 0.2) is 24.3 Å². The number of benzene rings is 1. The number of nitro groups is 1. The van der Waals surface area contributed by atoms with Crippen LogP contribution in [0.25, 0.3) is 10.6 Å². The van der Waals surface area contributed by atoms with E-state index in [0.29, 0.717) is 15.7 Å². The van der Waals surface area contributed by atoms with Crippen molar-refractivity contribution in [3.63, 3.8) is 0 Å². The van der Waals surface area contributed by atoms with Crippen LogP contribution in [0.2, 0.25) is 0 Å². The summed E-state index contributed by atoms with van der Waals surface area (Å²) in [6.45, 7) is 3.92. The molecule has 2 rings (SSSR count). The molecule has 1 N–H and O–H groups in total. The van der Waals surface area contributed by atoms with Crippen LogP contribution in [0.4, 0.5) is 10.8 Å². The van der Waals surface area contributed by atoms with E-state index in [4.69, 9.17) is 0 Å². The standard InChI is InChI=1S/C14H16N4O3S/c1-3-9(4-2)12(19)15-14-17-16-13(22-14)10-6-5-7-11(8-10)18(20)21/h5-9H,3-4H2,1-2H3,(H,15,17,19). The molecule has 1 aromatic carbocycles. The Morgan fingerprint density at radius 1 is 1.36 bits per heavy atom. The Morgan fingerprint density at radius 3 is 2.73 bits per heavy atom. The summed E-state index contributed by atoms with van der Waals surface area (Å²) >= 11 is 1.20. The van der Waals surface area contributed by atoms with E-state index < -0.39 is 4.92 Å². The molecule has 7 nitrogen and oxygen atoms in total. The number of anilines is 1. The molecule has 0 aliphatic heterocycles. The fraction of sp³-hybridized carbons (Fsp3) is 0.357. The van der Waals surface area contributed by atoms with E-state index in [0.717, 1.165) is 12.8 Å². The second-order valence-corrected chi connectivity index (χ2v) is 5.70. The lowest BCUT2D eigenvalue weighted by Gasteiger charge is -2.09. The van der Waals surface area contributed by atoms with Crippen molar-refractivity contribution in [2.24, 2.45) is 5.92 Å². The van der Waals surface area contributed by atoms with Gasteiger partial charge in [0.2, 0.25) is 11.0 Å². The second-order valence-electron chi connectivity index (χ2n) is 4.72. The van der Waals surface area contributed by atoms with E-state index in [-0.39, 0.29) is 17.5 Å². The summed E-state index contributed by atoms with van der Waals surface area (Å²) in [5.41, 5.74) is 0.602. The molecule has 0 unspecified atom stereocenters. The van der Waals surface area contributed by atoms with Crippen LogP contribution in [0, 0.1) is 16.0 Å². The number of amides is 1. The molecule has 0 aliphatic carbocycles. The van der Waals surface area contributed by atoms with Gasteiger partial charge in [-0.3, -0.25) is 14.9 Å². The van der Waals surface area contributed by atoms with Crippen LogP contribution in [0.5, 0.6) is 0 Å². The monoisotopic (exact) mass is 320 g/mol. The fourth-order valence-electron chi connectivity index (χ4n) is 2.01. The van der Waals surface area contributed by atoms with Gasteiger partial charge in [0.25, 0.3) is 5.69 Å². The van der Waals surface area contributed by atoms with Crippen LogP contribution in [0.1, 0.15) is 26.7 Å². The van der Waals surface area contributed by atoms with Crippen molar-refractivity contribution >= 4 is 28.1 Å². The van der Waals surface area contributed by atoms with E-state index in [1.165, 1.54) is 23.5 Å². The van der Waals surface area contributed by atoms with Crippen LogP contribution >= 0.6 is 11.3 Å². The Hall–Kier alpha value is -2.35. The summed E-state index contributed by atoms with van der Waals surface area (Å²) < 4.78 is 0. The summed E-state index contributed by atoms with van der Waals surface area (Å²) in [5, 5.41) is 22.4. The predicted molar refractivity (Wildman–Crippen MR) is 84.7 cm³/mol. The number of carbonyl (C=O) groups is 1. The minimum Gasteiger partial charge on any atom is -0.300 e. The highest BCUT2D eigenvalue weighted by Crippen LogP contribution is 2.29. The highest BCUT2D eigenvalue weighted by atomic mass is 32.1. The van der Waals surface area contributed by atoms with Gasteiger partial charge >= 0.3 is 0 Å². The van der Waals surface area contributed by atoms with Gasteiger partial charge in [-0.2, -0.15) is 0 Å². The number of rotatable bonds is 6. The maximum atomic E-state index is 12.0. The molecule has 1 amide bonds. The molecular weight excluding hydrogens is 304 g/mol. The molecule has 0 atom stereocenters. The van der Waals surface area contributed by atoms with Gasteiger partial charge in [-0.05, 0) is 12.8 Å². The van der Waals surface area contributed by atoms with Gasteiger partial charge in [0.1, 0.15) is 5.01 Å². The third kappa shape index (κ3) is 3.64. The second kappa shape index (κ2) is 7.08. The predicted octanol–water partition coefficient (Wildman–Crippen LogP) is 3.49. The highest BCUT2D eigenvalue weighted by Gasteiger charge is 2.17. The summed E-state index contributed by atoms with van der Waals surface area (Å²) in [4.78, 5) is 22.3. The lowest BCUT2D eigenvalue weighted by Crippen LogP contribution is -2.21. The molecule has 2 aromatic rings. The molecule has 0 bridgehead atoms. The zero-order valence-corrected chi connectivity index (χ0v) is 13.1. The Kier molecular flexibility index (Phi) is 5.16. The molecule has 0 saturated carbocycles. The van der Waals surface area contributed by atoms with E-state index >= 15 is 0 Å². The Morgan fingerprint density at radius 2 is 2.09 bits per heavy atom. The Bertz CT molecular complexity index is 682. The lowest BCUT2D eigenvalue weighted by atomic mass is 10.0. The molecule has 8 heteroatoms. The number of nitro benzene ring substituents is 1. The van der Waals surface area contributed by atoms with Gasteiger partial charge < -0.3 is 5.32 Å². The van der Waals surface area contributed by atoms with Crippen LogP contribution in [0.3, 0.4) is 0 Å². The van der Waals surface area contributed by atoms with Gasteiger partial charge in [0.15, 0.2) is 0 Å². The lowest BCUT2D eigenvalue weighted by molar-refractivity contribution is -0.384. The summed E-state index contributed by atoms with van der Waals surface area (Å²) in [7, 11) is 0. The average Bonchev–Trinajstić information content (AvgIpc) is 2.97. The molecule has 0 fully saturated rings. The van der Waals surface area contributed by atoms with Crippen molar-refractivity contribution in [3.8, 4) is 10.6 Å². The van der Waals surface area contributed by atoms with Crippen molar-refractivity contribution in [3.05, 3.63) is 34.4 Å². The summed E-state index contributed by atoms with van der Waals surface area (Å²) in [6, 6.07) is 6.17. The largest absolute Gasteiger partial charge is 0.300 e. The first kappa shape index (κ1) is 16.0. The molecule has 116 valence electrons. The average molecular weight is 320 g/mol. The normalized spacial score (nSPS) is 10.7. The van der Waals surface area contributed by atoms with Gasteiger partial charge in [0, 0.05) is 23.6 Å². The Balaban J connectivity index is 2.16. The third-order valence-corrected chi connectivity index (χ3v) is 4.20. The van der Waals surface area contributed by atoms with E-state index in [1.807, 2.05) is 13.8 Å². The number of nitrogens with zero attached hydrogens (tertiary/aromatic N) is 3. The maximum Gasteiger partial charge on any atom is 0.270 e. The van der Waals surface area contributed by atoms with Crippen molar-refractivity contribution in [1.82, 2.24) is 10.2 Å². The topological polar surface area (TPSA) is 98.0 Å². The minimum absolute atomic E-state index is 0.00434. The molecular formula is C14H16N4O3S. The van der Waals surface area contributed by atoms with Crippen molar-refractivity contribution < 1.29 is 9.72 Å². The van der Waals surface area contributed by atoms with Crippen LogP contribution < -0.4 is 5.32 Å². The molecule has 0 aliphatic rings. The van der Waals surface area contributed by atoms with Gasteiger partial charge in [-0.15, -0.1) is 10.2 Å². The van der Waals surface area contributed by atoms with E-state index in [9.17, 15) is 14.9 Å². The molecule has 0 saturated heterocycles. The first-order chi connectivity index (χ1) is 10.5. The van der Waals surface area contributed by atoms with E-state index in [2.05, 4.69) is 15.5 Å². The summed E-state index contributed by atoms with van der Waals surface area (Å²) in [5.74, 6) is -0.128. The van der Waals surface area contributed by atoms with Gasteiger partial charge in [-0.1, -0.05) is 37.3 Å². The van der Waals surface area contributed by atoms with Crippen molar-refractivity contribution in [1.29, 1.82) is 0 Å². The SMILES string of the molecule is CCC(CC)C(=O)Nc1nnc(-c2cccc([N+](=O)[O-])c2)s1. The van der Waals surface area contributed by atoms with E-state index in [1.54, 1.807) is 12.1 Å². The quantitative estimate of drug-likeness (QED) is 0.649. The van der Waals surface area contributed by atoms with Crippen molar-refractivity contribution in [2.75, 3.05) is 5.32 Å².